The lowest BCUT2D eigenvalue weighted by molar-refractivity contribution is -0.131. The van der Waals surface area contributed by atoms with Crippen LogP contribution in [0.15, 0.2) is 35.7 Å². The molecule has 2 rings (SSSR count). The van der Waals surface area contributed by atoms with Crippen LogP contribution in [0, 0.1) is 12.7 Å². The van der Waals surface area contributed by atoms with Gasteiger partial charge in [-0.2, -0.15) is 0 Å². The van der Waals surface area contributed by atoms with Crippen molar-refractivity contribution in [3.63, 3.8) is 0 Å². The molecule has 104 valence electrons. The van der Waals surface area contributed by atoms with E-state index >= 15 is 0 Å². The zero-order valence-corrected chi connectivity index (χ0v) is 11.6. The number of benzene rings is 1. The lowest BCUT2D eigenvalue weighted by Crippen LogP contribution is -1.96. The van der Waals surface area contributed by atoms with Crippen molar-refractivity contribution in [2.24, 2.45) is 0 Å². The zero-order valence-electron chi connectivity index (χ0n) is 10.8. The van der Waals surface area contributed by atoms with E-state index in [1.54, 1.807) is 19.1 Å². The molecule has 0 amide bonds. The van der Waals surface area contributed by atoms with Crippen molar-refractivity contribution in [3.8, 4) is 5.75 Å². The fraction of sp³-hybridized carbons (Fsp3) is 0.133. The summed E-state index contributed by atoms with van der Waals surface area (Å²) in [6.07, 6.45) is 2.60. The van der Waals surface area contributed by atoms with Crippen molar-refractivity contribution in [3.05, 3.63) is 57.5 Å². The summed E-state index contributed by atoms with van der Waals surface area (Å²) < 4.78 is 18.9. The molecule has 0 aliphatic carbocycles. The summed E-state index contributed by atoms with van der Waals surface area (Å²) in [5.41, 5.74) is 1.36. The molecule has 3 nitrogen and oxygen atoms in total. The van der Waals surface area contributed by atoms with Crippen molar-refractivity contribution in [1.29, 1.82) is 0 Å². The summed E-state index contributed by atoms with van der Waals surface area (Å²) in [6.45, 7) is 1.96. The average Bonchev–Trinajstić information content (AvgIpc) is 2.85. The molecule has 0 aliphatic heterocycles. The van der Waals surface area contributed by atoms with Crippen LogP contribution in [0.2, 0.25) is 0 Å². The molecule has 1 aromatic heterocycles. The first-order valence-electron chi connectivity index (χ1n) is 5.92. The predicted molar refractivity (Wildman–Crippen MR) is 76.5 cm³/mol. The van der Waals surface area contributed by atoms with Crippen molar-refractivity contribution in [1.82, 2.24) is 0 Å². The molecule has 20 heavy (non-hydrogen) atoms. The minimum Gasteiger partial charge on any atom is -0.488 e. The maximum absolute atomic E-state index is 13.4. The van der Waals surface area contributed by atoms with Gasteiger partial charge in [0.1, 0.15) is 18.2 Å². The molecule has 0 atom stereocenters. The summed E-state index contributed by atoms with van der Waals surface area (Å²) >= 11 is 1.46. The lowest BCUT2D eigenvalue weighted by Gasteiger charge is -2.06. The number of hydrogen-bond donors (Lipinski definition) is 1. The first-order chi connectivity index (χ1) is 9.56. The molecule has 0 radical (unpaired) electrons. The number of hydrogen-bond acceptors (Lipinski definition) is 3. The highest BCUT2D eigenvalue weighted by Gasteiger charge is 2.05. The minimum atomic E-state index is -0.997. The van der Waals surface area contributed by atoms with Crippen molar-refractivity contribution >= 4 is 23.4 Å². The number of carboxylic acids is 1. The fourth-order valence-corrected chi connectivity index (χ4v) is 2.37. The number of carbonyl (C=O) groups is 1. The quantitative estimate of drug-likeness (QED) is 0.851. The van der Waals surface area contributed by atoms with E-state index in [1.165, 1.54) is 23.5 Å². The molecule has 0 saturated heterocycles. The summed E-state index contributed by atoms with van der Waals surface area (Å²) in [6, 6.07) is 6.53. The van der Waals surface area contributed by atoms with E-state index in [2.05, 4.69) is 0 Å². The molecular formula is C15H13FO3S. The topological polar surface area (TPSA) is 46.5 Å². The number of aryl methyl sites for hydroxylation is 1. The van der Waals surface area contributed by atoms with Gasteiger partial charge in [-0.25, -0.2) is 9.18 Å². The van der Waals surface area contributed by atoms with E-state index in [0.717, 1.165) is 16.5 Å². The second-order valence-corrected chi connectivity index (χ2v) is 5.17. The number of ether oxygens (including phenoxy) is 1. The fourth-order valence-electron chi connectivity index (χ4n) is 1.59. The molecule has 0 aliphatic rings. The van der Waals surface area contributed by atoms with Gasteiger partial charge < -0.3 is 9.84 Å². The van der Waals surface area contributed by atoms with Gasteiger partial charge >= 0.3 is 5.97 Å². The molecule has 1 N–H and O–H groups in total. The van der Waals surface area contributed by atoms with E-state index in [9.17, 15) is 9.18 Å². The number of rotatable bonds is 5. The Morgan fingerprint density at radius 3 is 2.95 bits per heavy atom. The Hall–Kier alpha value is -2.14. The van der Waals surface area contributed by atoms with Crippen LogP contribution >= 0.6 is 11.3 Å². The van der Waals surface area contributed by atoms with Gasteiger partial charge in [0, 0.05) is 17.0 Å². The van der Waals surface area contributed by atoms with E-state index in [-0.39, 0.29) is 12.4 Å². The van der Waals surface area contributed by atoms with Crippen molar-refractivity contribution in [2.75, 3.05) is 0 Å². The van der Waals surface area contributed by atoms with Gasteiger partial charge in [0.05, 0.1) is 0 Å². The predicted octanol–water partition coefficient (Wildman–Crippen LogP) is 3.87. The highest BCUT2D eigenvalue weighted by atomic mass is 32.1. The largest absolute Gasteiger partial charge is 0.488 e. The number of carboxylic acid groups (broad SMARTS) is 1. The van der Waals surface area contributed by atoms with Gasteiger partial charge in [-0.05, 0) is 41.6 Å². The highest BCUT2D eigenvalue weighted by molar-refractivity contribution is 7.10. The van der Waals surface area contributed by atoms with Gasteiger partial charge in [-0.1, -0.05) is 6.07 Å². The molecule has 0 fully saturated rings. The van der Waals surface area contributed by atoms with Gasteiger partial charge in [0.15, 0.2) is 0 Å². The molecule has 2 aromatic rings. The van der Waals surface area contributed by atoms with Crippen molar-refractivity contribution < 1.29 is 19.0 Å². The number of aliphatic carboxylic acids is 1. The molecule has 5 heteroatoms. The summed E-state index contributed by atoms with van der Waals surface area (Å²) in [7, 11) is 0. The van der Waals surface area contributed by atoms with Crippen LogP contribution in [0.4, 0.5) is 4.39 Å². The first kappa shape index (κ1) is 14.3. The molecule has 0 spiro atoms. The Morgan fingerprint density at radius 2 is 2.25 bits per heavy atom. The van der Waals surface area contributed by atoms with E-state index < -0.39 is 5.97 Å². The van der Waals surface area contributed by atoms with Gasteiger partial charge in [0.2, 0.25) is 0 Å². The van der Waals surface area contributed by atoms with Crippen LogP contribution in [-0.4, -0.2) is 11.1 Å². The van der Waals surface area contributed by atoms with Crippen LogP contribution in [0.25, 0.3) is 6.08 Å². The number of thiophene rings is 1. The molecular weight excluding hydrogens is 279 g/mol. The highest BCUT2D eigenvalue weighted by Crippen LogP contribution is 2.22. The third-order valence-corrected chi connectivity index (χ3v) is 3.61. The molecule has 0 bridgehead atoms. The molecule has 1 aromatic carbocycles. The standard InChI is InChI=1S/C15H13FO3S/c1-10-2-4-12(8-13(10)16)19-9-14-11(6-7-20-14)3-5-15(17)18/h2-8H,9H2,1H3,(H,17,18)/b5-3+. The Morgan fingerprint density at radius 1 is 1.45 bits per heavy atom. The normalized spacial score (nSPS) is 10.9. The Bertz CT molecular complexity index is 646. The Kier molecular flexibility index (Phi) is 4.53. The van der Waals surface area contributed by atoms with Crippen LogP contribution < -0.4 is 4.74 Å². The Balaban J connectivity index is 2.05. The SMILES string of the molecule is Cc1ccc(OCc2sccc2/C=C/C(=O)O)cc1F. The Labute approximate surface area is 119 Å². The molecule has 1 heterocycles. The summed E-state index contributed by atoms with van der Waals surface area (Å²) in [4.78, 5) is 11.4. The van der Waals surface area contributed by atoms with E-state index in [4.69, 9.17) is 9.84 Å². The maximum Gasteiger partial charge on any atom is 0.328 e. The summed E-state index contributed by atoms with van der Waals surface area (Å²) in [5, 5.41) is 10.5. The van der Waals surface area contributed by atoms with Gasteiger partial charge in [0.25, 0.3) is 0 Å². The van der Waals surface area contributed by atoms with E-state index in [1.807, 2.05) is 11.4 Å². The van der Waals surface area contributed by atoms with Crippen LogP contribution in [0.5, 0.6) is 5.75 Å². The lowest BCUT2D eigenvalue weighted by atomic mass is 10.2. The van der Waals surface area contributed by atoms with Crippen LogP contribution in [-0.2, 0) is 11.4 Å². The smallest absolute Gasteiger partial charge is 0.328 e. The number of halogens is 1. The van der Waals surface area contributed by atoms with Gasteiger partial charge in [-0.3, -0.25) is 0 Å². The average molecular weight is 292 g/mol. The van der Waals surface area contributed by atoms with Crippen molar-refractivity contribution in [2.45, 2.75) is 13.5 Å². The third-order valence-electron chi connectivity index (χ3n) is 2.70. The first-order valence-corrected chi connectivity index (χ1v) is 6.80. The third kappa shape index (κ3) is 3.68. The van der Waals surface area contributed by atoms with Crippen LogP contribution in [0.1, 0.15) is 16.0 Å². The monoisotopic (exact) mass is 292 g/mol. The second-order valence-electron chi connectivity index (χ2n) is 4.17. The minimum absolute atomic E-state index is 0.277. The van der Waals surface area contributed by atoms with Gasteiger partial charge in [-0.15, -0.1) is 11.3 Å². The second kappa shape index (κ2) is 6.34. The molecule has 0 unspecified atom stereocenters. The maximum atomic E-state index is 13.4. The van der Waals surface area contributed by atoms with Crippen LogP contribution in [0.3, 0.4) is 0 Å². The zero-order chi connectivity index (χ0) is 14.5. The summed E-state index contributed by atoms with van der Waals surface area (Å²) in [5.74, 6) is -0.849. The molecule has 0 saturated carbocycles. The van der Waals surface area contributed by atoms with E-state index in [0.29, 0.717) is 11.3 Å².